The lowest BCUT2D eigenvalue weighted by Gasteiger charge is -2.33. The van der Waals surface area contributed by atoms with Crippen molar-refractivity contribution < 1.29 is 4.79 Å². The fraction of sp³-hybridized carbons (Fsp3) is 0.917. The highest BCUT2D eigenvalue weighted by Gasteiger charge is 2.42. The van der Waals surface area contributed by atoms with Gasteiger partial charge in [0.15, 0.2) is 0 Å². The zero-order valence-corrected chi connectivity index (χ0v) is 10.2. The van der Waals surface area contributed by atoms with E-state index in [9.17, 15) is 4.79 Å². The van der Waals surface area contributed by atoms with E-state index >= 15 is 0 Å². The molecule has 0 aliphatic carbocycles. The van der Waals surface area contributed by atoms with Gasteiger partial charge in [-0.15, -0.1) is 0 Å². The van der Waals surface area contributed by atoms with Gasteiger partial charge < -0.3 is 15.5 Å². The standard InChI is InChI=1S/C12H23N3O/c1-2-3-4-9-15-10-12(14-11(15)16)5-7-13-8-6-12/h13H,2-10H2,1H3,(H,14,16). The maximum atomic E-state index is 11.8. The molecule has 0 atom stereocenters. The van der Waals surface area contributed by atoms with Crippen molar-refractivity contribution in [2.24, 2.45) is 0 Å². The van der Waals surface area contributed by atoms with Crippen LogP contribution in [0.2, 0.25) is 0 Å². The van der Waals surface area contributed by atoms with E-state index in [0.29, 0.717) is 0 Å². The molecule has 0 aromatic rings. The Labute approximate surface area is 97.8 Å². The van der Waals surface area contributed by atoms with Crippen molar-refractivity contribution in [1.29, 1.82) is 0 Å². The van der Waals surface area contributed by atoms with Gasteiger partial charge in [-0.25, -0.2) is 4.79 Å². The van der Waals surface area contributed by atoms with E-state index in [1.807, 2.05) is 4.90 Å². The summed E-state index contributed by atoms with van der Waals surface area (Å²) < 4.78 is 0. The number of amides is 2. The van der Waals surface area contributed by atoms with Crippen LogP contribution in [0.1, 0.15) is 39.0 Å². The topological polar surface area (TPSA) is 44.4 Å². The lowest BCUT2D eigenvalue weighted by atomic mass is 9.89. The monoisotopic (exact) mass is 225 g/mol. The quantitative estimate of drug-likeness (QED) is 0.709. The molecular formula is C12H23N3O. The molecule has 2 heterocycles. The molecule has 2 fully saturated rings. The molecule has 2 N–H and O–H groups in total. The highest BCUT2D eigenvalue weighted by molar-refractivity contribution is 5.78. The molecule has 2 amide bonds. The van der Waals surface area contributed by atoms with Gasteiger partial charge in [0.1, 0.15) is 0 Å². The Morgan fingerprint density at radius 1 is 1.31 bits per heavy atom. The number of rotatable bonds is 4. The zero-order chi connectivity index (χ0) is 11.4. The largest absolute Gasteiger partial charge is 0.331 e. The summed E-state index contributed by atoms with van der Waals surface area (Å²) in [5.74, 6) is 0. The molecule has 2 saturated heterocycles. The van der Waals surface area contributed by atoms with Gasteiger partial charge in [0.05, 0.1) is 5.54 Å². The number of hydrogen-bond acceptors (Lipinski definition) is 2. The van der Waals surface area contributed by atoms with E-state index in [-0.39, 0.29) is 11.6 Å². The molecule has 0 bridgehead atoms. The first-order valence-corrected chi connectivity index (χ1v) is 6.54. The molecule has 0 radical (unpaired) electrons. The van der Waals surface area contributed by atoms with Gasteiger partial charge in [0.25, 0.3) is 0 Å². The fourth-order valence-electron chi connectivity index (χ4n) is 2.70. The van der Waals surface area contributed by atoms with Crippen LogP contribution in [0.15, 0.2) is 0 Å². The van der Waals surface area contributed by atoms with Gasteiger partial charge in [-0.1, -0.05) is 19.8 Å². The predicted octanol–water partition coefficient (Wildman–Crippen LogP) is 1.32. The molecule has 0 aromatic heterocycles. The Balaban J connectivity index is 1.85. The van der Waals surface area contributed by atoms with Crippen LogP contribution in [-0.2, 0) is 0 Å². The van der Waals surface area contributed by atoms with Crippen LogP contribution in [0.5, 0.6) is 0 Å². The minimum absolute atomic E-state index is 0.0779. The number of hydrogen-bond donors (Lipinski definition) is 2. The molecule has 2 rings (SSSR count). The first-order chi connectivity index (χ1) is 7.76. The van der Waals surface area contributed by atoms with Gasteiger partial charge in [0.2, 0.25) is 0 Å². The van der Waals surface area contributed by atoms with Crippen molar-refractivity contribution in [3.05, 3.63) is 0 Å². The number of carbonyl (C=O) groups is 1. The Morgan fingerprint density at radius 3 is 2.75 bits per heavy atom. The summed E-state index contributed by atoms with van der Waals surface area (Å²) in [6, 6.07) is 0.151. The number of nitrogens with zero attached hydrogens (tertiary/aromatic N) is 1. The predicted molar refractivity (Wildman–Crippen MR) is 64.5 cm³/mol. The van der Waals surface area contributed by atoms with Crippen molar-refractivity contribution in [3.8, 4) is 0 Å². The van der Waals surface area contributed by atoms with Crippen molar-refractivity contribution in [3.63, 3.8) is 0 Å². The average Bonchev–Trinajstić information content (AvgIpc) is 2.57. The summed E-state index contributed by atoms with van der Waals surface area (Å²) in [7, 11) is 0. The van der Waals surface area contributed by atoms with Crippen LogP contribution in [-0.4, -0.2) is 42.6 Å². The van der Waals surface area contributed by atoms with Crippen molar-refractivity contribution >= 4 is 6.03 Å². The molecule has 4 heteroatoms. The van der Waals surface area contributed by atoms with Gasteiger partial charge in [-0.3, -0.25) is 0 Å². The third kappa shape index (κ3) is 2.48. The fourth-order valence-corrected chi connectivity index (χ4v) is 2.70. The maximum Gasteiger partial charge on any atom is 0.317 e. The van der Waals surface area contributed by atoms with Gasteiger partial charge in [-0.05, 0) is 32.4 Å². The number of piperidine rings is 1. The average molecular weight is 225 g/mol. The maximum absolute atomic E-state index is 11.8. The van der Waals surface area contributed by atoms with Crippen LogP contribution >= 0.6 is 0 Å². The van der Waals surface area contributed by atoms with E-state index in [2.05, 4.69) is 17.6 Å². The van der Waals surface area contributed by atoms with Crippen LogP contribution < -0.4 is 10.6 Å². The molecule has 2 aliphatic rings. The highest BCUT2D eigenvalue weighted by Crippen LogP contribution is 2.25. The van der Waals surface area contributed by atoms with Crippen molar-refractivity contribution in [2.45, 2.75) is 44.6 Å². The molecule has 1 spiro atoms. The van der Waals surface area contributed by atoms with Crippen molar-refractivity contribution in [2.75, 3.05) is 26.2 Å². The van der Waals surface area contributed by atoms with Crippen LogP contribution in [0.3, 0.4) is 0 Å². The first-order valence-electron chi connectivity index (χ1n) is 6.54. The number of unbranched alkanes of at least 4 members (excludes halogenated alkanes) is 2. The number of carbonyl (C=O) groups excluding carboxylic acids is 1. The summed E-state index contributed by atoms with van der Waals surface area (Å²) >= 11 is 0. The molecule has 4 nitrogen and oxygen atoms in total. The second-order valence-corrected chi connectivity index (χ2v) is 5.09. The smallest absolute Gasteiger partial charge is 0.317 e. The minimum atomic E-state index is 0.0779. The zero-order valence-electron chi connectivity index (χ0n) is 10.2. The molecule has 0 unspecified atom stereocenters. The van der Waals surface area contributed by atoms with Gasteiger partial charge >= 0.3 is 6.03 Å². The molecule has 0 saturated carbocycles. The molecule has 0 aromatic carbocycles. The van der Waals surface area contributed by atoms with E-state index in [1.165, 1.54) is 12.8 Å². The SMILES string of the molecule is CCCCCN1CC2(CCNCC2)NC1=O. The third-order valence-corrected chi connectivity index (χ3v) is 3.75. The Hall–Kier alpha value is -0.770. The highest BCUT2D eigenvalue weighted by atomic mass is 16.2. The van der Waals surface area contributed by atoms with Gasteiger partial charge in [-0.2, -0.15) is 0 Å². The Bertz CT molecular complexity index is 249. The summed E-state index contributed by atoms with van der Waals surface area (Å²) in [6.07, 6.45) is 5.72. The van der Waals surface area contributed by atoms with E-state index in [1.54, 1.807) is 0 Å². The normalized spacial score (nSPS) is 23.8. The number of urea groups is 1. The Kier molecular flexibility index (Phi) is 3.69. The van der Waals surface area contributed by atoms with Crippen LogP contribution in [0.4, 0.5) is 4.79 Å². The lowest BCUT2D eigenvalue weighted by molar-refractivity contribution is 0.216. The number of nitrogens with one attached hydrogen (secondary N) is 2. The molecular weight excluding hydrogens is 202 g/mol. The van der Waals surface area contributed by atoms with Crippen molar-refractivity contribution in [1.82, 2.24) is 15.5 Å². The van der Waals surface area contributed by atoms with E-state index in [4.69, 9.17) is 0 Å². The van der Waals surface area contributed by atoms with Crippen LogP contribution in [0, 0.1) is 0 Å². The lowest BCUT2D eigenvalue weighted by Crippen LogP contribution is -2.51. The first kappa shape index (κ1) is 11.7. The Morgan fingerprint density at radius 2 is 2.06 bits per heavy atom. The summed E-state index contributed by atoms with van der Waals surface area (Å²) in [5, 5.41) is 6.54. The molecule has 92 valence electrons. The third-order valence-electron chi connectivity index (χ3n) is 3.75. The van der Waals surface area contributed by atoms with Gasteiger partial charge in [0, 0.05) is 13.1 Å². The van der Waals surface area contributed by atoms with Crippen LogP contribution in [0.25, 0.3) is 0 Å². The molecule has 2 aliphatic heterocycles. The minimum Gasteiger partial charge on any atom is -0.331 e. The second kappa shape index (κ2) is 5.04. The second-order valence-electron chi connectivity index (χ2n) is 5.09. The summed E-state index contributed by atoms with van der Waals surface area (Å²) in [6.45, 7) is 6.09. The van der Waals surface area contributed by atoms with E-state index < -0.39 is 0 Å². The van der Waals surface area contributed by atoms with E-state index in [0.717, 1.165) is 45.4 Å². The summed E-state index contributed by atoms with van der Waals surface area (Å²) in [5.41, 5.74) is 0.0779. The molecule has 16 heavy (non-hydrogen) atoms. The summed E-state index contributed by atoms with van der Waals surface area (Å²) in [4.78, 5) is 13.8.